The van der Waals surface area contributed by atoms with Crippen molar-refractivity contribution in [2.75, 3.05) is 36.0 Å². The smallest absolute Gasteiger partial charge is 0.352 e. The van der Waals surface area contributed by atoms with Crippen molar-refractivity contribution in [1.82, 2.24) is 20.2 Å². The first-order valence-electron chi connectivity index (χ1n) is 6.81. The Morgan fingerprint density at radius 3 is 2.22 bits per heavy atom. The molecule has 1 saturated heterocycles. The van der Waals surface area contributed by atoms with Gasteiger partial charge in [0.15, 0.2) is 23.1 Å². The van der Waals surface area contributed by atoms with Gasteiger partial charge in [-0.25, -0.2) is 14.4 Å². The minimum Gasteiger partial charge on any atom is -0.352 e. The molecule has 0 N–H and O–H groups in total. The zero-order valence-electron chi connectivity index (χ0n) is 11.8. The molecule has 0 spiro atoms. The lowest BCUT2D eigenvalue weighted by Crippen LogP contribution is -2.47. The molecule has 3 rings (SSSR count). The largest absolute Gasteiger partial charge is 0.435 e. The fraction of sp³-hybridized carbons (Fsp3) is 0.385. The van der Waals surface area contributed by atoms with Crippen LogP contribution in [0.3, 0.4) is 0 Å². The van der Waals surface area contributed by atoms with Crippen LogP contribution < -0.4 is 9.80 Å². The SMILES string of the molecule is Fc1cncnc1N1CCN(c2ccc(C(F)(F)F)nn2)CC1. The first-order chi connectivity index (χ1) is 10.9. The molecule has 10 heteroatoms. The summed E-state index contributed by atoms with van der Waals surface area (Å²) in [5.41, 5.74) is -1.03. The lowest BCUT2D eigenvalue weighted by atomic mass is 10.3. The van der Waals surface area contributed by atoms with E-state index in [1.54, 1.807) is 9.80 Å². The normalized spacial score (nSPS) is 15.8. The van der Waals surface area contributed by atoms with E-state index >= 15 is 0 Å². The fourth-order valence-corrected chi connectivity index (χ4v) is 2.33. The molecule has 3 heterocycles. The van der Waals surface area contributed by atoms with Crippen LogP contribution in [0.25, 0.3) is 0 Å². The van der Waals surface area contributed by atoms with Gasteiger partial charge in [-0.3, -0.25) is 0 Å². The monoisotopic (exact) mass is 328 g/mol. The van der Waals surface area contributed by atoms with E-state index in [0.717, 1.165) is 12.3 Å². The summed E-state index contributed by atoms with van der Waals surface area (Å²) >= 11 is 0. The summed E-state index contributed by atoms with van der Waals surface area (Å²) in [6, 6.07) is 2.19. The van der Waals surface area contributed by atoms with Crippen molar-refractivity contribution in [3.63, 3.8) is 0 Å². The van der Waals surface area contributed by atoms with Gasteiger partial charge in [-0.05, 0) is 12.1 Å². The van der Waals surface area contributed by atoms with Gasteiger partial charge in [0.1, 0.15) is 6.33 Å². The average Bonchev–Trinajstić information content (AvgIpc) is 2.55. The third-order valence-electron chi connectivity index (χ3n) is 3.49. The van der Waals surface area contributed by atoms with Crippen molar-refractivity contribution in [2.45, 2.75) is 6.18 Å². The highest BCUT2D eigenvalue weighted by molar-refractivity contribution is 5.44. The highest BCUT2D eigenvalue weighted by Gasteiger charge is 2.33. The Balaban J connectivity index is 1.66. The third kappa shape index (κ3) is 3.30. The molecular formula is C13H12F4N6. The number of hydrogen-bond acceptors (Lipinski definition) is 6. The number of anilines is 2. The molecule has 0 saturated carbocycles. The molecule has 0 amide bonds. The Labute approximate surface area is 128 Å². The van der Waals surface area contributed by atoms with Gasteiger partial charge in [0.05, 0.1) is 6.20 Å². The van der Waals surface area contributed by atoms with Crippen LogP contribution in [0.4, 0.5) is 29.2 Å². The Hall–Kier alpha value is -2.52. The van der Waals surface area contributed by atoms with Crippen molar-refractivity contribution in [3.8, 4) is 0 Å². The fourth-order valence-electron chi connectivity index (χ4n) is 2.33. The predicted octanol–water partition coefficient (Wildman–Crippen LogP) is 1.75. The van der Waals surface area contributed by atoms with Crippen LogP contribution >= 0.6 is 0 Å². The van der Waals surface area contributed by atoms with Crippen LogP contribution in [-0.4, -0.2) is 46.3 Å². The van der Waals surface area contributed by atoms with E-state index in [2.05, 4.69) is 20.2 Å². The van der Waals surface area contributed by atoms with Crippen molar-refractivity contribution in [1.29, 1.82) is 0 Å². The average molecular weight is 328 g/mol. The molecule has 2 aromatic rings. The maximum Gasteiger partial charge on any atom is 0.435 e. The molecular weight excluding hydrogens is 316 g/mol. The van der Waals surface area contributed by atoms with Gasteiger partial charge in [-0.15, -0.1) is 10.2 Å². The highest BCUT2D eigenvalue weighted by atomic mass is 19.4. The Morgan fingerprint density at radius 2 is 1.65 bits per heavy atom. The van der Waals surface area contributed by atoms with Gasteiger partial charge in [-0.1, -0.05) is 0 Å². The van der Waals surface area contributed by atoms with E-state index in [4.69, 9.17) is 0 Å². The standard InChI is InChI=1S/C13H12F4N6/c14-9-7-18-8-19-12(9)23-5-3-22(4-6-23)11-2-1-10(20-21-11)13(15,16)17/h1-2,7-8H,3-6H2. The predicted molar refractivity (Wildman–Crippen MR) is 73.5 cm³/mol. The van der Waals surface area contributed by atoms with Gasteiger partial charge >= 0.3 is 6.18 Å². The van der Waals surface area contributed by atoms with Crippen LogP contribution in [0.1, 0.15) is 5.69 Å². The number of nitrogens with zero attached hydrogens (tertiary/aromatic N) is 6. The molecule has 122 valence electrons. The molecule has 0 unspecified atom stereocenters. The van der Waals surface area contributed by atoms with Crippen LogP contribution in [0.15, 0.2) is 24.7 Å². The van der Waals surface area contributed by atoms with E-state index in [-0.39, 0.29) is 5.82 Å². The summed E-state index contributed by atoms with van der Waals surface area (Å²) in [5, 5.41) is 6.83. The van der Waals surface area contributed by atoms with Gasteiger partial charge in [0.2, 0.25) is 0 Å². The number of alkyl halides is 3. The lowest BCUT2D eigenvalue weighted by molar-refractivity contribution is -0.141. The maximum atomic E-state index is 13.6. The minimum atomic E-state index is -4.51. The Morgan fingerprint density at radius 1 is 0.957 bits per heavy atom. The zero-order valence-corrected chi connectivity index (χ0v) is 11.8. The molecule has 0 aliphatic carbocycles. The molecule has 0 radical (unpaired) electrons. The molecule has 1 aliphatic rings. The quantitative estimate of drug-likeness (QED) is 0.783. The van der Waals surface area contributed by atoms with Gasteiger partial charge in [0, 0.05) is 26.2 Å². The van der Waals surface area contributed by atoms with Crippen LogP contribution in [0, 0.1) is 5.82 Å². The molecule has 23 heavy (non-hydrogen) atoms. The number of aromatic nitrogens is 4. The second kappa shape index (κ2) is 5.94. The maximum absolute atomic E-state index is 13.6. The first kappa shape index (κ1) is 15.4. The summed E-state index contributed by atoms with van der Waals surface area (Å²) in [6.07, 6.45) is -2.14. The molecule has 1 aliphatic heterocycles. The summed E-state index contributed by atoms with van der Waals surface area (Å²) in [4.78, 5) is 11.1. The molecule has 0 atom stereocenters. The summed E-state index contributed by atoms with van der Waals surface area (Å²) in [5.74, 6) is 0.0780. The molecule has 2 aromatic heterocycles. The third-order valence-corrected chi connectivity index (χ3v) is 3.49. The van der Waals surface area contributed by atoms with E-state index < -0.39 is 17.7 Å². The second-order valence-corrected chi connectivity index (χ2v) is 4.94. The summed E-state index contributed by atoms with van der Waals surface area (Å²) < 4.78 is 51.0. The summed E-state index contributed by atoms with van der Waals surface area (Å²) in [6.45, 7) is 1.89. The van der Waals surface area contributed by atoms with Crippen LogP contribution in [-0.2, 0) is 6.18 Å². The molecule has 6 nitrogen and oxygen atoms in total. The number of piperazine rings is 1. The van der Waals surface area contributed by atoms with Gasteiger partial charge in [-0.2, -0.15) is 13.2 Å². The van der Waals surface area contributed by atoms with E-state index in [0.29, 0.717) is 32.0 Å². The van der Waals surface area contributed by atoms with Crippen molar-refractivity contribution < 1.29 is 17.6 Å². The summed E-state index contributed by atoms with van der Waals surface area (Å²) in [7, 11) is 0. The van der Waals surface area contributed by atoms with Crippen molar-refractivity contribution >= 4 is 11.6 Å². The number of hydrogen-bond donors (Lipinski definition) is 0. The first-order valence-corrected chi connectivity index (χ1v) is 6.81. The van der Waals surface area contributed by atoms with E-state index in [9.17, 15) is 17.6 Å². The minimum absolute atomic E-state index is 0.221. The highest BCUT2D eigenvalue weighted by Crippen LogP contribution is 2.27. The van der Waals surface area contributed by atoms with Crippen molar-refractivity contribution in [3.05, 3.63) is 36.2 Å². The van der Waals surface area contributed by atoms with Gasteiger partial charge < -0.3 is 9.80 Å². The topological polar surface area (TPSA) is 58.0 Å². The number of halogens is 4. The van der Waals surface area contributed by atoms with E-state index in [1.807, 2.05) is 0 Å². The zero-order chi connectivity index (χ0) is 16.4. The lowest BCUT2D eigenvalue weighted by Gasteiger charge is -2.35. The molecule has 0 aromatic carbocycles. The molecule has 0 bridgehead atoms. The van der Waals surface area contributed by atoms with E-state index in [1.165, 1.54) is 12.4 Å². The Kier molecular flexibility index (Phi) is 3.97. The molecule has 1 fully saturated rings. The second-order valence-electron chi connectivity index (χ2n) is 4.94. The van der Waals surface area contributed by atoms with Crippen LogP contribution in [0.2, 0.25) is 0 Å². The van der Waals surface area contributed by atoms with Gasteiger partial charge in [0.25, 0.3) is 0 Å². The Bertz CT molecular complexity index is 667. The van der Waals surface area contributed by atoms with Crippen molar-refractivity contribution in [2.24, 2.45) is 0 Å². The van der Waals surface area contributed by atoms with Crippen LogP contribution in [0.5, 0.6) is 0 Å². The number of rotatable bonds is 2.